The highest BCUT2D eigenvalue weighted by molar-refractivity contribution is 9.10. The third-order valence-corrected chi connectivity index (χ3v) is 4.41. The first kappa shape index (κ1) is 16.3. The number of aryl methyl sites for hydroxylation is 1. The molecule has 2 rings (SSSR count). The lowest BCUT2D eigenvalue weighted by Crippen LogP contribution is -2.19. The standard InChI is InChI=1S/C17H19BrClNO/c1-4-21-15-9-8-12(18)10-14(15)17(20-3)13-7-5-6-11(2)16(13)19/h5-10,17,20H,4H2,1-3H3. The Morgan fingerprint density at radius 2 is 2.00 bits per heavy atom. The van der Waals surface area contributed by atoms with Gasteiger partial charge in [-0.25, -0.2) is 0 Å². The molecular formula is C17H19BrClNO. The summed E-state index contributed by atoms with van der Waals surface area (Å²) in [5.41, 5.74) is 3.20. The van der Waals surface area contributed by atoms with Gasteiger partial charge in [-0.3, -0.25) is 0 Å². The lowest BCUT2D eigenvalue weighted by Gasteiger charge is -2.22. The Bertz CT molecular complexity index is 630. The average molecular weight is 369 g/mol. The zero-order chi connectivity index (χ0) is 15.4. The molecule has 0 aliphatic heterocycles. The van der Waals surface area contributed by atoms with Crippen molar-refractivity contribution in [2.45, 2.75) is 19.9 Å². The van der Waals surface area contributed by atoms with E-state index < -0.39 is 0 Å². The van der Waals surface area contributed by atoms with E-state index in [1.807, 2.05) is 51.2 Å². The lowest BCUT2D eigenvalue weighted by molar-refractivity contribution is 0.334. The van der Waals surface area contributed by atoms with E-state index in [4.69, 9.17) is 16.3 Å². The van der Waals surface area contributed by atoms with Crippen LogP contribution < -0.4 is 10.1 Å². The summed E-state index contributed by atoms with van der Waals surface area (Å²) in [5, 5.41) is 4.13. The van der Waals surface area contributed by atoms with E-state index in [-0.39, 0.29) is 6.04 Å². The van der Waals surface area contributed by atoms with Crippen molar-refractivity contribution in [3.8, 4) is 5.75 Å². The van der Waals surface area contributed by atoms with Crippen molar-refractivity contribution < 1.29 is 4.74 Å². The highest BCUT2D eigenvalue weighted by Crippen LogP contribution is 2.36. The van der Waals surface area contributed by atoms with Crippen LogP contribution in [0.3, 0.4) is 0 Å². The van der Waals surface area contributed by atoms with Crippen LogP contribution in [0.15, 0.2) is 40.9 Å². The quantitative estimate of drug-likeness (QED) is 0.791. The van der Waals surface area contributed by atoms with Gasteiger partial charge in [0.05, 0.1) is 12.6 Å². The van der Waals surface area contributed by atoms with Gasteiger partial charge in [-0.15, -0.1) is 0 Å². The van der Waals surface area contributed by atoms with E-state index in [2.05, 4.69) is 27.3 Å². The fraction of sp³-hybridized carbons (Fsp3) is 0.294. The lowest BCUT2D eigenvalue weighted by atomic mass is 9.96. The Hall–Kier alpha value is -1.03. The molecule has 0 saturated carbocycles. The third-order valence-electron chi connectivity index (χ3n) is 3.40. The van der Waals surface area contributed by atoms with E-state index in [1.165, 1.54) is 0 Å². The van der Waals surface area contributed by atoms with E-state index in [0.717, 1.165) is 31.9 Å². The van der Waals surface area contributed by atoms with Crippen LogP contribution in [-0.2, 0) is 0 Å². The summed E-state index contributed by atoms with van der Waals surface area (Å²) in [6.45, 7) is 4.63. The van der Waals surface area contributed by atoms with Crippen LogP contribution in [0.25, 0.3) is 0 Å². The smallest absolute Gasteiger partial charge is 0.124 e. The average Bonchev–Trinajstić information content (AvgIpc) is 2.47. The number of hydrogen-bond donors (Lipinski definition) is 1. The molecule has 0 heterocycles. The molecule has 1 N–H and O–H groups in total. The second-order valence-electron chi connectivity index (χ2n) is 4.81. The van der Waals surface area contributed by atoms with E-state index >= 15 is 0 Å². The Labute approximate surface area is 139 Å². The molecule has 0 fully saturated rings. The van der Waals surface area contributed by atoms with Gasteiger partial charge in [-0.1, -0.05) is 45.7 Å². The molecule has 21 heavy (non-hydrogen) atoms. The van der Waals surface area contributed by atoms with Crippen LogP contribution in [0.1, 0.15) is 29.7 Å². The van der Waals surface area contributed by atoms with Crippen molar-refractivity contribution in [2.24, 2.45) is 0 Å². The van der Waals surface area contributed by atoms with Crippen LogP contribution in [0.5, 0.6) is 5.75 Å². The van der Waals surface area contributed by atoms with Gasteiger partial charge >= 0.3 is 0 Å². The Kier molecular flexibility index (Phi) is 5.68. The highest BCUT2D eigenvalue weighted by Gasteiger charge is 2.20. The maximum atomic E-state index is 6.49. The van der Waals surface area contributed by atoms with Crippen LogP contribution in [0, 0.1) is 6.92 Å². The Balaban J connectivity index is 2.55. The van der Waals surface area contributed by atoms with Gasteiger partial charge in [0.15, 0.2) is 0 Å². The second kappa shape index (κ2) is 7.30. The molecule has 1 unspecified atom stereocenters. The molecule has 2 aromatic carbocycles. The Morgan fingerprint density at radius 1 is 1.24 bits per heavy atom. The normalized spacial score (nSPS) is 12.2. The predicted molar refractivity (Wildman–Crippen MR) is 92.4 cm³/mol. The number of rotatable bonds is 5. The zero-order valence-corrected chi connectivity index (χ0v) is 14.8. The molecule has 2 aromatic rings. The van der Waals surface area contributed by atoms with Crippen LogP contribution in [-0.4, -0.2) is 13.7 Å². The van der Waals surface area contributed by atoms with Gasteiger partial charge < -0.3 is 10.1 Å². The van der Waals surface area contributed by atoms with Crippen LogP contribution >= 0.6 is 27.5 Å². The van der Waals surface area contributed by atoms with E-state index in [1.54, 1.807) is 0 Å². The van der Waals surface area contributed by atoms with Gasteiger partial charge in [0.25, 0.3) is 0 Å². The molecule has 0 aliphatic carbocycles. The fourth-order valence-corrected chi connectivity index (χ4v) is 3.02. The molecule has 0 radical (unpaired) electrons. The van der Waals surface area contributed by atoms with Crippen LogP contribution in [0.2, 0.25) is 5.02 Å². The summed E-state index contributed by atoms with van der Waals surface area (Å²) in [6.07, 6.45) is 0. The van der Waals surface area contributed by atoms with E-state index in [9.17, 15) is 0 Å². The van der Waals surface area contributed by atoms with Crippen molar-refractivity contribution in [1.82, 2.24) is 5.32 Å². The number of nitrogens with one attached hydrogen (secondary N) is 1. The molecular weight excluding hydrogens is 350 g/mol. The van der Waals surface area contributed by atoms with Crippen molar-refractivity contribution in [2.75, 3.05) is 13.7 Å². The van der Waals surface area contributed by atoms with Crippen molar-refractivity contribution >= 4 is 27.5 Å². The van der Waals surface area contributed by atoms with Crippen molar-refractivity contribution in [3.05, 3.63) is 62.6 Å². The van der Waals surface area contributed by atoms with Crippen molar-refractivity contribution in [1.29, 1.82) is 0 Å². The zero-order valence-electron chi connectivity index (χ0n) is 12.4. The fourth-order valence-electron chi connectivity index (χ4n) is 2.40. The molecule has 0 bridgehead atoms. The Morgan fingerprint density at radius 3 is 2.67 bits per heavy atom. The molecule has 0 aliphatic rings. The minimum absolute atomic E-state index is 0.0172. The highest BCUT2D eigenvalue weighted by atomic mass is 79.9. The largest absolute Gasteiger partial charge is 0.494 e. The third kappa shape index (κ3) is 3.60. The second-order valence-corrected chi connectivity index (χ2v) is 6.11. The van der Waals surface area contributed by atoms with Crippen LogP contribution in [0.4, 0.5) is 0 Å². The molecule has 0 aromatic heterocycles. The summed E-state index contributed by atoms with van der Waals surface area (Å²) in [5.74, 6) is 0.873. The molecule has 0 amide bonds. The van der Waals surface area contributed by atoms with Gasteiger partial charge in [0, 0.05) is 15.1 Å². The topological polar surface area (TPSA) is 21.3 Å². The maximum Gasteiger partial charge on any atom is 0.124 e. The molecule has 4 heteroatoms. The molecule has 0 saturated heterocycles. The predicted octanol–water partition coefficient (Wildman–Crippen LogP) is 5.12. The van der Waals surface area contributed by atoms with Crippen molar-refractivity contribution in [3.63, 3.8) is 0 Å². The minimum Gasteiger partial charge on any atom is -0.494 e. The molecule has 0 spiro atoms. The number of halogens is 2. The van der Waals surface area contributed by atoms with Gasteiger partial charge in [0.2, 0.25) is 0 Å². The number of hydrogen-bond acceptors (Lipinski definition) is 2. The van der Waals surface area contributed by atoms with Gasteiger partial charge in [0.1, 0.15) is 5.75 Å². The number of benzene rings is 2. The molecule has 112 valence electrons. The summed E-state index contributed by atoms with van der Waals surface area (Å²) in [7, 11) is 1.93. The molecule has 1 atom stereocenters. The first-order valence-corrected chi connectivity index (χ1v) is 8.10. The van der Waals surface area contributed by atoms with E-state index in [0.29, 0.717) is 6.61 Å². The SMILES string of the molecule is CCOc1ccc(Br)cc1C(NC)c1cccc(C)c1Cl. The maximum absolute atomic E-state index is 6.49. The first-order valence-electron chi connectivity index (χ1n) is 6.93. The van der Waals surface area contributed by atoms with Gasteiger partial charge in [-0.05, 0) is 50.2 Å². The minimum atomic E-state index is -0.0172. The monoisotopic (exact) mass is 367 g/mol. The first-order chi connectivity index (χ1) is 10.1. The van der Waals surface area contributed by atoms with Gasteiger partial charge in [-0.2, -0.15) is 0 Å². The summed E-state index contributed by atoms with van der Waals surface area (Å²) >= 11 is 10.0. The summed E-state index contributed by atoms with van der Waals surface area (Å²) in [4.78, 5) is 0. The summed E-state index contributed by atoms with van der Waals surface area (Å²) in [6, 6.07) is 12.1. The number of ether oxygens (including phenoxy) is 1. The molecule has 2 nitrogen and oxygen atoms in total. The summed E-state index contributed by atoms with van der Waals surface area (Å²) < 4.78 is 6.78.